The molecular weight excluding hydrogens is 442 g/mol. The van der Waals surface area contributed by atoms with Crippen molar-refractivity contribution in [3.05, 3.63) is 59.2 Å². The summed E-state index contributed by atoms with van der Waals surface area (Å²) in [4.78, 5) is 27.6. The molecule has 0 saturated carbocycles. The molecule has 2 aromatic carbocycles. The minimum Gasteiger partial charge on any atom is -0.497 e. The zero-order chi connectivity index (χ0) is 24.8. The second kappa shape index (κ2) is 11.2. The Morgan fingerprint density at radius 2 is 1.82 bits per heavy atom. The lowest BCUT2D eigenvalue weighted by Gasteiger charge is -2.33. The summed E-state index contributed by atoms with van der Waals surface area (Å²) in [7, 11) is -0.696. The minimum absolute atomic E-state index is 0.131. The Kier molecular flexibility index (Phi) is 8.87. The van der Waals surface area contributed by atoms with E-state index < -0.39 is 28.5 Å². The number of hydrogen-bond donors (Lipinski definition) is 1. The lowest BCUT2D eigenvalue weighted by Crippen LogP contribution is -2.51. The molecule has 2 amide bonds. The molecule has 0 radical (unpaired) electrons. The average molecular weight is 476 g/mol. The molecular formula is C24H33N3O5S. The third-order valence-corrected chi connectivity index (χ3v) is 6.55. The molecule has 0 saturated heterocycles. The SMILES string of the molecule is CCC(C(=O)NC)N(Cc1cccc(OC)c1)C(=O)CN(c1ccc(C)cc1C)S(C)(=O)=O. The van der Waals surface area contributed by atoms with Crippen molar-refractivity contribution in [2.45, 2.75) is 39.8 Å². The maximum atomic E-state index is 13.5. The van der Waals surface area contributed by atoms with Gasteiger partial charge in [0, 0.05) is 13.6 Å². The van der Waals surface area contributed by atoms with Crippen LogP contribution < -0.4 is 14.4 Å². The van der Waals surface area contributed by atoms with Gasteiger partial charge in [-0.05, 0) is 49.6 Å². The molecule has 2 aromatic rings. The van der Waals surface area contributed by atoms with Gasteiger partial charge in [-0.15, -0.1) is 0 Å². The first-order valence-corrected chi connectivity index (χ1v) is 12.6. The van der Waals surface area contributed by atoms with Crippen LogP contribution in [-0.4, -0.2) is 58.1 Å². The van der Waals surface area contributed by atoms with E-state index in [4.69, 9.17) is 4.74 Å². The van der Waals surface area contributed by atoms with Gasteiger partial charge in [0.1, 0.15) is 18.3 Å². The maximum Gasteiger partial charge on any atom is 0.244 e. The molecule has 0 aromatic heterocycles. The van der Waals surface area contributed by atoms with Crippen molar-refractivity contribution >= 4 is 27.5 Å². The fourth-order valence-electron chi connectivity index (χ4n) is 3.73. The molecule has 8 nitrogen and oxygen atoms in total. The summed E-state index contributed by atoms with van der Waals surface area (Å²) in [6, 6.07) is 11.8. The average Bonchev–Trinajstić information content (AvgIpc) is 2.76. The number of carbonyl (C=O) groups excluding carboxylic acids is 2. The van der Waals surface area contributed by atoms with Crippen LogP contribution in [0, 0.1) is 13.8 Å². The van der Waals surface area contributed by atoms with E-state index in [2.05, 4.69) is 5.32 Å². The van der Waals surface area contributed by atoms with Gasteiger partial charge in [-0.2, -0.15) is 0 Å². The van der Waals surface area contributed by atoms with Crippen LogP contribution >= 0.6 is 0 Å². The van der Waals surface area contributed by atoms with Gasteiger partial charge in [0.2, 0.25) is 21.8 Å². The number of ether oxygens (including phenoxy) is 1. The lowest BCUT2D eigenvalue weighted by molar-refractivity contribution is -0.140. The summed E-state index contributed by atoms with van der Waals surface area (Å²) in [6.45, 7) is 5.24. The normalized spacial score (nSPS) is 12.1. The van der Waals surface area contributed by atoms with Crippen LogP contribution in [0.1, 0.15) is 30.0 Å². The smallest absolute Gasteiger partial charge is 0.244 e. The van der Waals surface area contributed by atoms with Crippen LogP contribution in [0.15, 0.2) is 42.5 Å². The zero-order valence-electron chi connectivity index (χ0n) is 20.1. The Hall–Kier alpha value is -3.07. The van der Waals surface area contributed by atoms with E-state index >= 15 is 0 Å². The Morgan fingerprint density at radius 1 is 1.12 bits per heavy atom. The molecule has 0 spiro atoms. The number of nitrogens with one attached hydrogen (secondary N) is 1. The molecule has 1 unspecified atom stereocenters. The van der Waals surface area contributed by atoms with Gasteiger partial charge >= 0.3 is 0 Å². The van der Waals surface area contributed by atoms with Crippen molar-refractivity contribution in [2.24, 2.45) is 0 Å². The molecule has 1 N–H and O–H groups in total. The van der Waals surface area contributed by atoms with Gasteiger partial charge in [-0.3, -0.25) is 13.9 Å². The number of carbonyl (C=O) groups is 2. The summed E-state index contributed by atoms with van der Waals surface area (Å²) < 4.78 is 31.7. The zero-order valence-corrected chi connectivity index (χ0v) is 20.9. The van der Waals surface area contributed by atoms with Crippen LogP contribution in [0.4, 0.5) is 5.69 Å². The van der Waals surface area contributed by atoms with Crippen LogP contribution in [0.5, 0.6) is 5.75 Å². The summed E-state index contributed by atoms with van der Waals surface area (Å²) >= 11 is 0. The first-order valence-electron chi connectivity index (χ1n) is 10.7. The molecule has 0 aliphatic carbocycles. The number of rotatable bonds is 10. The third kappa shape index (κ3) is 6.71. The monoisotopic (exact) mass is 475 g/mol. The number of nitrogens with zero attached hydrogens (tertiary/aromatic N) is 2. The van der Waals surface area contributed by atoms with E-state index in [0.717, 1.165) is 27.3 Å². The van der Waals surface area contributed by atoms with Crippen molar-refractivity contribution in [1.82, 2.24) is 10.2 Å². The number of benzene rings is 2. The Bertz CT molecular complexity index is 1100. The first kappa shape index (κ1) is 26.2. The van der Waals surface area contributed by atoms with E-state index in [0.29, 0.717) is 17.9 Å². The number of likely N-dealkylation sites (N-methyl/N-ethyl adjacent to an activating group) is 1. The molecule has 0 aliphatic rings. The number of sulfonamides is 1. The Balaban J connectivity index is 2.47. The predicted octanol–water partition coefficient (Wildman–Crippen LogP) is 2.63. The van der Waals surface area contributed by atoms with Crippen LogP contribution in [0.25, 0.3) is 0 Å². The second-order valence-electron chi connectivity index (χ2n) is 7.97. The highest BCUT2D eigenvalue weighted by Crippen LogP contribution is 2.25. The van der Waals surface area contributed by atoms with Crippen LogP contribution in [0.2, 0.25) is 0 Å². The molecule has 2 rings (SSSR count). The number of anilines is 1. The van der Waals surface area contributed by atoms with Gasteiger partial charge in [-0.25, -0.2) is 8.42 Å². The standard InChI is InChI=1S/C24H33N3O5S/c1-7-21(24(29)25-4)26(15-19-9-8-10-20(14-19)32-5)23(28)16-27(33(6,30)31)22-12-11-17(2)13-18(22)3/h8-14,21H,7,15-16H2,1-6H3,(H,25,29). The number of methoxy groups -OCH3 is 1. The van der Waals surface area contributed by atoms with Crippen LogP contribution in [0.3, 0.4) is 0 Å². The maximum absolute atomic E-state index is 13.5. The molecule has 0 fully saturated rings. The highest BCUT2D eigenvalue weighted by Gasteiger charge is 2.31. The third-order valence-electron chi connectivity index (χ3n) is 5.42. The molecule has 0 heterocycles. The van der Waals surface area contributed by atoms with Crippen molar-refractivity contribution in [3.63, 3.8) is 0 Å². The molecule has 1 atom stereocenters. The number of aryl methyl sites for hydroxylation is 2. The van der Waals surface area contributed by atoms with Crippen molar-refractivity contribution in [2.75, 3.05) is 31.3 Å². The summed E-state index contributed by atoms with van der Waals surface area (Å²) in [5.74, 6) is -0.161. The fraction of sp³-hybridized carbons (Fsp3) is 0.417. The van der Waals surface area contributed by atoms with Crippen molar-refractivity contribution < 1.29 is 22.7 Å². The van der Waals surface area contributed by atoms with Gasteiger partial charge in [0.15, 0.2) is 0 Å². The van der Waals surface area contributed by atoms with Crippen molar-refractivity contribution in [3.8, 4) is 5.75 Å². The molecule has 0 aliphatic heterocycles. The van der Waals surface area contributed by atoms with Gasteiger partial charge in [0.25, 0.3) is 0 Å². The molecule has 0 bridgehead atoms. The second-order valence-corrected chi connectivity index (χ2v) is 9.88. The quantitative estimate of drug-likeness (QED) is 0.570. The lowest BCUT2D eigenvalue weighted by atomic mass is 10.1. The number of amides is 2. The summed E-state index contributed by atoms with van der Waals surface area (Å²) in [5.41, 5.74) is 2.93. The highest BCUT2D eigenvalue weighted by atomic mass is 32.2. The van der Waals surface area contributed by atoms with E-state index in [1.165, 1.54) is 11.9 Å². The van der Waals surface area contributed by atoms with Gasteiger partial charge in [-0.1, -0.05) is 36.8 Å². The summed E-state index contributed by atoms with van der Waals surface area (Å²) in [5, 5.41) is 2.60. The fourth-order valence-corrected chi connectivity index (χ4v) is 4.64. The number of hydrogen-bond acceptors (Lipinski definition) is 5. The first-order chi connectivity index (χ1) is 15.5. The topological polar surface area (TPSA) is 96.0 Å². The Morgan fingerprint density at radius 3 is 2.36 bits per heavy atom. The van der Waals surface area contributed by atoms with Crippen LogP contribution in [-0.2, 0) is 26.2 Å². The summed E-state index contributed by atoms with van der Waals surface area (Å²) in [6.07, 6.45) is 1.44. The predicted molar refractivity (Wildman–Crippen MR) is 130 cm³/mol. The van der Waals surface area contributed by atoms with E-state index in [9.17, 15) is 18.0 Å². The van der Waals surface area contributed by atoms with Gasteiger partial charge in [0.05, 0.1) is 19.1 Å². The minimum atomic E-state index is -3.76. The van der Waals surface area contributed by atoms with E-state index in [-0.39, 0.29) is 12.5 Å². The highest BCUT2D eigenvalue weighted by molar-refractivity contribution is 7.92. The molecule has 180 valence electrons. The Labute approximate surface area is 196 Å². The molecule has 9 heteroatoms. The largest absolute Gasteiger partial charge is 0.497 e. The molecule has 33 heavy (non-hydrogen) atoms. The van der Waals surface area contributed by atoms with Crippen molar-refractivity contribution in [1.29, 1.82) is 0 Å². The van der Waals surface area contributed by atoms with E-state index in [1.54, 1.807) is 44.4 Å². The van der Waals surface area contributed by atoms with Gasteiger partial charge < -0.3 is 15.0 Å². The van der Waals surface area contributed by atoms with E-state index in [1.807, 2.05) is 26.0 Å².